The zero-order chi connectivity index (χ0) is 13.1. The third-order valence-corrected chi connectivity index (χ3v) is 3.44. The highest BCUT2D eigenvalue weighted by Crippen LogP contribution is 2.32. The van der Waals surface area contributed by atoms with Crippen LogP contribution in [0, 0.1) is 10.8 Å². The Morgan fingerprint density at radius 2 is 2.12 bits per heavy atom. The van der Waals surface area contributed by atoms with E-state index >= 15 is 0 Å². The van der Waals surface area contributed by atoms with Crippen LogP contribution in [0.1, 0.15) is 40.5 Å². The largest absolute Gasteiger partial charge is 0.316 e. The summed E-state index contributed by atoms with van der Waals surface area (Å²) in [4.78, 5) is 17.9. The van der Waals surface area contributed by atoms with E-state index in [1.807, 2.05) is 0 Å². The molecule has 1 aliphatic rings. The fourth-order valence-electron chi connectivity index (χ4n) is 2.29. The molecule has 4 nitrogen and oxygen atoms in total. The number of hydrogen-bond donors (Lipinski definition) is 1. The van der Waals surface area contributed by atoms with Crippen LogP contribution in [0.5, 0.6) is 0 Å². The molecule has 1 rings (SSSR count). The van der Waals surface area contributed by atoms with E-state index in [1.165, 1.54) is 5.06 Å². The number of amides is 1. The van der Waals surface area contributed by atoms with Crippen molar-refractivity contribution in [3.63, 3.8) is 0 Å². The van der Waals surface area contributed by atoms with E-state index in [1.54, 1.807) is 7.11 Å². The molecule has 1 amide bonds. The Labute approximate surface area is 105 Å². The van der Waals surface area contributed by atoms with Crippen molar-refractivity contribution >= 4 is 5.91 Å². The van der Waals surface area contributed by atoms with Gasteiger partial charge in [-0.2, -0.15) is 0 Å². The molecule has 1 fully saturated rings. The van der Waals surface area contributed by atoms with E-state index in [4.69, 9.17) is 4.84 Å². The number of carbonyl (C=O) groups is 1. The standard InChI is InChI=1S/C13H26N2O2/c1-6-13(7-8-14-9-13)11(16)15(17-5)10-12(2,3)4/h14H,6-10H2,1-5H3. The molecular formula is C13H26N2O2. The molecule has 0 radical (unpaired) electrons. The number of hydroxylamine groups is 2. The van der Waals surface area contributed by atoms with E-state index in [9.17, 15) is 4.79 Å². The number of nitrogens with one attached hydrogen (secondary N) is 1. The lowest BCUT2D eigenvalue weighted by Gasteiger charge is -2.34. The van der Waals surface area contributed by atoms with Gasteiger partial charge in [0.05, 0.1) is 19.1 Å². The molecule has 100 valence electrons. The van der Waals surface area contributed by atoms with Gasteiger partial charge in [-0.25, -0.2) is 5.06 Å². The highest BCUT2D eigenvalue weighted by atomic mass is 16.7. The summed E-state index contributed by atoms with van der Waals surface area (Å²) in [6, 6.07) is 0. The summed E-state index contributed by atoms with van der Waals surface area (Å²) in [6.45, 7) is 10.7. The van der Waals surface area contributed by atoms with Gasteiger partial charge >= 0.3 is 0 Å². The Morgan fingerprint density at radius 1 is 1.47 bits per heavy atom. The summed E-state index contributed by atoms with van der Waals surface area (Å²) in [6.07, 6.45) is 1.77. The van der Waals surface area contributed by atoms with Crippen LogP contribution in [0.15, 0.2) is 0 Å². The Balaban J connectivity index is 2.77. The van der Waals surface area contributed by atoms with Gasteiger partial charge in [0.15, 0.2) is 0 Å². The third-order valence-electron chi connectivity index (χ3n) is 3.44. The van der Waals surface area contributed by atoms with Crippen molar-refractivity contribution in [2.24, 2.45) is 10.8 Å². The van der Waals surface area contributed by atoms with Gasteiger partial charge in [0, 0.05) is 6.54 Å². The van der Waals surface area contributed by atoms with E-state index in [2.05, 4.69) is 33.0 Å². The maximum absolute atomic E-state index is 12.6. The first-order valence-electron chi connectivity index (χ1n) is 6.41. The van der Waals surface area contributed by atoms with Crippen molar-refractivity contribution in [3.8, 4) is 0 Å². The first-order valence-corrected chi connectivity index (χ1v) is 6.41. The first kappa shape index (κ1) is 14.5. The van der Waals surface area contributed by atoms with Crippen molar-refractivity contribution < 1.29 is 9.63 Å². The van der Waals surface area contributed by atoms with Gasteiger partial charge in [-0.3, -0.25) is 9.63 Å². The van der Waals surface area contributed by atoms with Crippen molar-refractivity contribution in [1.29, 1.82) is 0 Å². The summed E-state index contributed by atoms with van der Waals surface area (Å²) in [7, 11) is 1.58. The average Bonchev–Trinajstić information content (AvgIpc) is 2.73. The molecule has 0 spiro atoms. The lowest BCUT2D eigenvalue weighted by molar-refractivity contribution is -0.192. The van der Waals surface area contributed by atoms with Crippen molar-refractivity contribution in [2.45, 2.75) is 40.5 Å². The maximum Gasteiger partial charge on any atom is 0.253 e. The Morgan fingerprint density at radius 3 is 2.47 bits per heavy atom. The smallest absolute Gasteiger partial charge is 0.253 e. The van der Waals surface area contributed by atoms with Gasteiger partial charge in [0.25, 0.3) is 5.91 Å². The second kappa shape index (κ2) is 5.36. The second-order valence-electron chi connectivity index (χ2n) is 6.15. The van der Waals surface area contributed by atoms with Gasteiger partial charge in [-0.05, 0) is 24.8 Å². The Bertz CT molecular complexity index is 265. The molecule has 1 unspecified atom stereocenters. The maximum atomic E-state index is 12.6. The van der Waals surface area contributed by atoms with Crippen LogP contribution >= 0.6 is 0 Å². The molecule has 4 heteroatoms. The molecule has 0 saturated carbocycles. The molecular weight excluding hydrogens is 216 g/mol. The Hall–Kier alpha value is -0.610. The summed E-state index contributed by atoms with van der Waals surface area (Å²) in [5, 5.41) is 4.82. The molecule has 1 saturated heterocycles. The summed E-state index contributed by atoms with van der Waals surface area (Å²) in [5.74, 6) is 0.127. The minimum atomic E-state index is -0.263. The minimum Gasteiger partial charge on any atom is -0.316 e. The monoisotopic (exact) mass is 242 g/mol. The van der Waals surface area contributed by atoms with Gasteiger partial charge in [0.2, 0.25) is 0 Å². The molecule has 1 atom stereocenters. The van der Waals surface area contributed by atoms with E-state index < -0.39 is 0 Å². The van der Waals surface area contributed by atoms with Crippen molar-refractivity contribution in [1.82, 2.24) is 10.4 Å². The van der Waals surface area contributed by atoms with Crippen LogP contribution in [0.4, 0.5) is 0 Å². The van der Waals surface area contributed by atoms with Gasteiger partial charge in [-0.15, -0.1) is 0 Å². The Kier molecular flexibility index (Phi) is 4.55. The van der Waals surface area contributed by atoms with E-state index in [-0.39, 0.29) is 16.7 Å². The van der Waals surface area contributed by atoms with Crippen molar-refractivity contribution in [2.75, 3.05) is 26.7 Å². The van der Waals surface area contributed by atoms with Crippen LogP contribution in [0.25, 0.3) is 0 Å². The molecule has 0 aliphatic carbocycles. The lowest BCUT2D eigenvalue weighted by Crippen LogP contribution is -2.47. The van der Waals surface area contributed by atoms with Crippen LogP contribution in [-0.2, 0) is 9.63 Å². The fraction of sp³-hybridized carbons (Fsp3) is 0.923. The number of rotatable bonds is 4. The van der Waals surface area contributed by atoms with Gasteiger partial charge in [0.1, 0.15) is 0 Å². The molecule has 0 aromatic carbocycles. The molecule has 1 N–H and O–H groups in total. The quantitative estimate of drug-likeness (QED) is 0.765. The van der Waals surface area contributed by atoms with Gasteiger partial charge in [-0.1, -0.05) is 27.7 Å². The van der Waals surface area contributed by atoms with E-state index in [0.717, 1.165) is 25.9 Å². The topological polar surface area (TPSA) is 41.6 Å². The van der Waals surface area contributed by atoms with Crippen molar-refractivity contribution in [3.05, 3.63) is 0 Å². The molecule has 1 aliphatic heterocycles. The first-order chi connectivity index (χ1) is 7.84. The molecule has 0 aromatic heterocycles. The number of hydrogen-bond acceptors (Lipinski definition) is 3. The van der Waals surface area contributed by atoms with Crippen LogP contribution < -0.4 is 5.32 Å². The summed E-state index contributed by atoms with van der Waals surface area (Å²) < 4.78 is 0. The number of nitrogens with zero attached hydrogens (tertiary/aromatic N) is 1. The predicted octanol–water partition coefficient (Wildman–Crippen LogP) is 1.81. The highest BCUT2D eigenvalue weighted by molar-refractivity contribution is 5.82. The zero-order valence-electron chi connectivity index (χ0n) is 11.8. The summed E-state index contributed by atoms with van der Waals surface area (Å²) >= 11 is 0. The van der Waals surface area contributed by atoms with Crippen LogP contribution in [0.2, 0.25) is 0 Å². The zero-order valence-corrected chi connectivity index (χ0v) is 11.8. The average molecular weight is 242 g/mol. The predicted molar refractivity (Wildman–Crippen MR) is 68.4 cm³/mol. The van der Waals surface area contributed by atoms with Crippen LogP contribution in [-0.4, -0.2) is 37.7 Å². The number of carbonyl (C=O) groups excluding carboxylic acids is 1. The SMILES string of the molecule is CCC1(C(=O)N(CC(C)(C)C)OC)CCNC1. The fourth-order valence-corrected chi connectivity index (χ4v) is 2.29. The van der Waals surface area contributed by atoms with Crippen LogP contribution in [0.3, 0.4) is 0 Å². The minimum absolute atomic E-state index is 0.0482. The normalized spacial score (nSPS) is 25.0. The molecule has 0 bridgehead atoms. The lowest BCUT2D eigenvalue weighted by atomic mass is 9.82. The molecule has 1 heterocycles. The molecule has 0 aromatic rings. The van der Waals surface area contributed by atoms with E-state index in [0.29, 0.717) is 6.54 Å². The third kappa shape index (κ3) is 3.42. The second-order valence-corrected chi connectivity index (χ2v) is 6.15. The highest BCUT2D eigenvalue weighted by Gasteiger charge is 2.43. The van der Waals surface area contributed by atoms with Gasteiger partial charge < -0.3 is 5.32 Å². The summed E-state index contributed by atoms with van der Waals surface area (Å²) in [5.41, 5.74) is -0.214. The molecule has 17 heavy (non-hydrogen) atoms.